The standard InChI is InChI=1S/C13H20FN3.HI/c1-3-9-16-13(15-2)17-10-8-11-4-6-12(14)7-5-11;/h4-7H,3,8-10H2,1-2H3,(H2,15,16,17);1H. The van der Waals surface area contributed by atoms with E-state index < -0.39 is 0 Å². The fraction of sp³-hybridized carbons (Fsp3) is 0.462. The summed E-state index contributed by atoms with van der Waals surface area (Å²) < 4.78 is 12.7. The molecule has 3 nitrogen and oxygen atoms in total. The van der Waals surface area contributed by atoms with Crippen LogP contribution in [0.25, 0.3) is 0 Å². The van der Waals surface area contributed by atoms with Crippen molar-refractivity contribution >= 4 is 29.9 Å². The third-order valence-corrected chi connectivity index (χ3v) is 2.39. The monoisotopic (exact) mass is 365 g/mol. The van der Waals surface area contributed by atoms with Gasteiger partial charge >= 0.3 is 0 Å². The van der Waals surface area contributed by atoms with Gasteiger partial charge in [0, 0.05) is 20.1 Å². The van der Waals surface area contributed by atoms with Gasteiger partial charge < -0.3 is 10.6 Å². The zero-order chi connectivity index (χ0) is 12.5. The van der Waals surface area contributed by atoms with Crippen LogP contribution in [0.5, 0.6) is 0 Å². The van der Waals surface area contributed by atoms with Crippen molar-refractivity contribution in [2.45, 2.75) is 19.8 Å². The van der Waals surface area contributed by atoms with E-state index in [-0.39, 0.29) is 29.8 Å². The van der Waals surface area contributed by atoms with Gasteiger partial charge in [-0.2, -0.15) is 0 Å². The zero-order valence-electron chi connectivity index (χ0n) is 10.9. The molecule has 0 saturated heterocycles. The Hall–Kier alpha value is -0.850. The maximum Gasteiger partial charge on any atom is 0.190 e. The zero-order valence-corrected chi connectivity index (χ0v) is 13.2. The number of nitrogens with one attached hydrogen (secondary N) is 2. The lowest BCUT2D eigenvalue weighted by molar-refractivity contribution is 0.626. The number of hydrogen-bond donors (Lipinski definition) is 2. The van der Waals surface area contributed by atoms with E-state index in [9.17, 15) is 4.39 Å². The van der Waals surface area contributed by atoms with Crippen molar-refractivity contribution in [3.8, 4) is 0 Å². The van der Waals surface area contributed by atoms with Crippen LogP contribution in [0.1, 0.15) is 18.9 Å². The van der Waals surface area contributed by atoms with Crippen LogP contribution in [-0.4, -0.2) is 26.1 Å². The van der Waals surface area contributed by atoms with Gasteiger partial charge in [-0.15, -0.1) is 24.0 Å². The number of hydrogen-bond acceptors (Lipinski definition) is 1. The minimum atomic E-state index is -0.192. The molecule has 5 heteroatoms. The third kappa shape index (κ3) is 6.78. The summed E-state index contributed by atoms with van der Waals surface area (Å²) >= 11 is 0. The van der Waals surface area contributed by atoms with Crippen molar-refractivity contribution in [1.29, 1.82) is 0 Å². The predicted molar refractivity (Wildman–Crippen MR) is 85.2 cm³/mol. The molecule has 0 amide bonds. The summed E-state index contributed by atoms with van der Waals surface area (Å²) in [5.41, 5.74) is 1.12. The molecule has 0 aliphatic rings. The van der Waals surface area contributed by atoms with Crippen LogP contribution >= 0.6 is 24.0 Å². The highest BCUT2D eigenvalue weighted by molar-refractivity contribution is 14.0. The highest BCUT2D eigenvalue weighted by atomic mass is 127. The highest BCUT2D eigenvalue weighted by Crippen LogP contribution is 2.02. The van der Waals surface area contributed by atoms with Gasteiger partial charge in [-0.1, -0.05) is 19.1 Å². The van der Waals surface area contributed by atoms with E-state index in [1.807, 2.05) is 0 Å². The van der Waals surface area contributed by atoms with Crippen molar-refractivity contribution in [2.24, 2.45) is 4.99 Å². The molecule has 1 aromatic rings. The van der Waals surface area contributed by atoms with Crippen LogP contribution in [0.4, 0.5) is 4.39 Å². The fourth-order valence-electron chi connectivity index (χ4n) is 1.44. The van der Waals surface area contributed by atoms with Gasteiger partial charge in [-0.3, -0.25) is 4.99 Å². The molecule has 102 valence electrons. The van der Waals surface area contributed by atoms with Gasteiger partial charge in [0.1, 0.15) is 5.82 Å². The van der Waals surface area contributed by atoms with E-state index in [1.165, 1.54) is 12.1 Å². The first-order valence-corrected chi connectivity index (χ1v) is 5.95. The number of guanidine groups is 1. The second-order valence-corrected chi connectivity index (χ2v) is 3.80. The van der Waals surface area contributed by atoms with Crippen molar-refractivity contribution in [2.75, 3.05) is 20.1 Å². The Morgan fingerprint density at radius 1 is 1.17 bits per heavy atom. The van der Waals surface area contributed by atoms with Crippen molar-refractivity contribution in [1.82, 2.24) is 10.6 Å². The minimum Gasteiger partial charge on any atom is -0.356 e. The van der Waals surface area contributed by atoms with Gasteiger partial charge in [0.15, 0.2) is 5.96 Å². The lowest BCUT2D eigenvalue weighted by Crippen LogP contribution is -2.38. The van der Waals surface area contributed by atoms with Gasteiger partial charge in [0.25, 0.3) is 0 Å². The Morgan fingerprint density at radius 3 is 2.33 bits per heavy atom. The topological polar surface area (TPSA) is 36.4 Å². The molecule has 0 bridgehead atoms. The average molecular weight is 365 g/mol. The lowest BCUT2D eigenvalue weighted by atomic mass is 10.1. The van der Waals surface area contributed by atoms with Gasteiger partial charge in [0.2, 0.25) is 0 Å². The average Bonchev–Trinajstić information content (AvgIpc) is 2.36. The molecule has 0 unspecified atom stereocenters. The van der Waals surface area contributed by atoms with E-state index >= 15 is 0 Å². The van der Waals surface area contributed by atoms with Crippen molar-refractivity contribution in [3.05, 3.63) is 35.6 Å². The maximum atomic E-state index is 12.7. The molecule has 1 aromatic carbocycles. The molecule has 0 aliphatic heterocycles. The number of halogens is 2. The molecule has 0 spiro atoms. The highest BCUT2D eigenvalue weighted by Gasteiger charge is 1.97. The number of nitrogens with zero attached hydrogens (tertiary/aromatic N) is 1. The Kier molecular flexibility index (Phi) is 9.63. The van der Waals surface area contributed by atoms with Crippen LogP contribution in [0.3, 0.4) is 0 Å². The number of benzene rings is 1. The molecule has 18 heavy (non-hydrogen) atoms. The second kappa shape index (κ2) is 10.1. The smallest absolute Gasteiger partial charge is 0.190 e. The van der Waals surface area contributed by atoms with Crippen LogP contribution in [0, 0.1) is 5.82 Å². The summed E-state index contributed by atoms with van der Waals surface area (Å²) in [4.78, 5) is 4.11. The molecule has 0 radical (unpaired) electrons. The second-order valence-electron chi connectivity index (χ2n) is 3.80. The van der Waals surface area contributed by atoms with Crippen LogP contribution in [-0.2, 0) is 6.42 Å². The molecule has 0 saturated carbocycles. The Morgan fingerprint density at radius 2 is 1.78 bits per heavy atom. The number of rotatable bonds is 5. The van der Waals surface area contributed by atoms with E-state index in [2.05, 4.69) is 22.5 Å². The van der Waals surface area contributed by atoms with E-state index in [0.717, 1.165) is 37.5 Å². The summed E-state index contributed by atoms with van der Waals surface area (Å²) in [5.74, 6) is 0.621. The first-order chi connectivity index (χ1) is 8.26. The van der Waals surface area contributed by atoms with Crippen molar-refractivity contribution in [3.63, 3.8) is 0 Å². The summed E-state index contributed by atoms with van der Waals surface area (Å²) in [6.45, 7) is 3.81. The summed E-state index contributed by atoms with van der Waals surface area (Å²) in [6.07, 6.45) is 1.92. The molecule has 0 fully saturated rings. The van der Waals surface area contributed by atoms with Crippen molar-refractivity contribution < 1.29 is 4.39 Å². The van der Waals surface area contributed by atoms with Gasteiger partial charge in [0.05, 0.1) is 0 Å². The van der Waals surface area contributed by atoms with E-state index in [1.54, 1.807) is 19.2 Å². The molecule has 0 heterocycles. The van der Waals surface area contributed by atoms with Gasteiger partial charge in [-0.25, -0.2) is 4.39 Å². The molecule has 0 aliphatic carbocycles. The first-order valence-electron chi connectivity index (χ1n) is 5.95. The Labute approximate surface area is 125 Å². The Bertz CT molecular complexity index is 352. The summed E-state index contributed by atoms with van der Waals surface area (Å²) in [6, 6.07) is 6.58. The molecule has 2 N–H and O–H groups in total. The summed E-state index contributed by atoms with van der Waals surface area (Å²) in [5, 5.41) is 6.41. The molecule has 0 aromatic heterocycles. The maximum absolute atomic E-state index is 12.7. The molecule has 1 rings (SSSR count). The summed E-state index contributed by atoms with van der Waals surface area (Å²) in [7, 11) is 1.75. The minimum absolute atomic E-state index is 0. The quantitative estimate of drug-likeness (QED) is 0.478. The van der Waals surface area contributed by atoms with E-state index in [0.29, 0.717) is 0 Å². The molecule has 0 atom stereocenters. The SMILES string of the molecule is CCCNC(=NC)NCCc1ccc(F)cc1.I. The third-order valence-electron chi connectivity index (χ3n) is 2.39. The normalized spacial score (nSPS) is 10.7. The molecular weight excluding hydrogens is 344 g/mol. The number of aliphatic imine (C=N–C) groups is 1. The van der Waals surface area contributed by atoms with E-state index in [4.69, 9.17) is 0 Å². The fourth-order valence-corrected chi connectivity index (χ4v) is 1.44. The molecular formula is C13H21FIN3. The van der Waals surface area contributed by atoms with Crippen LogP contribution < -0.4 is 10.6 Å². The largest absolute Gasteiger partial charge is 0.356 e. The van der Waals surface area contributed by atoms with Crippen LogP contribution in [0.2, 0.25) is 0 Å². The first kappa shape index (κ1) is 17.2. The van der Waals surface area contributed by atoms with Crippen LogP contribution in [0.15, 0.2) is 29.3 Å². The lowest BCUT2D eigenvalue weighted by Gasteiger charge is -2.10. The predicted octanol–water partition coefficient (Wildman–Crippen LogP) is 2.56. The van der Waals surface area contributed by atoms with Gasteiger partial charge in [-0.05, 0) is 30.5 Å². The Balaban J connectivity index is 0.00000289.